The second kappa shape index (κ2) is 5.53. The fourth-order valence-corrected chi connectivity index (χ4v) is 1.24. The Bertz CT molecular complexity index is 511. The number of rotatable bonds is 4. The zero-order valence-corrected chi connectivity index (χ0v) is 9.27. The fraction of sp³-hybridized carbons (Fsp3) is 0.250. The Morgan fingerprint density at radius 2 is 2.41 bits per heavy atom. The maximum Gasteiger partial charge on any atom is 0.327 e. The third-order valence-electron chi connectivity index (χ3n) is 2.09. The van der Waals surface area contributed by atoms with Crippen molar-refractivity contribution in [3.63, 3.8) is 0 Å². The highest BCUT2D eigenvalue weighted by Gasteiger charge is 2.18. The number of nitriles is 1. The molecule has 0 aliphatic heterocycles. The molecular formula is C12H11N3O2. The van der Waals surface area contributed by atoms with E-state index in [9.17, 15) is 4.79 Å². The van der Waals surface area contributed by atoms with Gasteiger partial charge in [-0.15, -0.1) is 12.3 Å². The lowest BCUT2D eigenvalue weighted by molar-refractivity contribution is -0.137. The molecule has 0 saturated heterocycles. The molecule has 0 bridgehead atoms. The monoisotopic (exact) mass is 229 g/mol. The number of aliphatic carboxylic acids is 1. The van der Waals surface area contributed by atoms with Gasteiger partial charge in [-0.05, 0) is 19.1 Å². The summed E-state index contributed by atoms with van der Waals surface area (Å²) < 4.78 is 0. The number of nitrogens with one attached hydrogen (secondary N) is 1. The van der Waals surface area contributed by atoms with Gasteiger partial charge in [-0.3, -0.25) is 0 Å². The highest BCUT2D eigenvalue weighted by Crippen LogP contribution is 2.14. The van der Waals surface area contributed by atoms with Crippen LogP contribution in [0, 0.1) is 30.6 Å². The third-order valence-corrected chi connectivity index (χ3v) is 2.09. The van der Waals surface area contributed by atoms with Gasteiger partial charge in [-0.2, -0.15) is 5.26 Å². The summed E-state index contributed by atoms with van der Waals surface area (Å²) in [5.74, 6) is 1.44. The molecule has 1 aromatic heterocycles. The molecule has 0 amide bonds. The summed E-state index contributed by atoms with van der Waals surface area (Å²) >= 11 is 0. The molecule has 0 aliphatic rings. The van der Waals surface area contributed by atoms with Crippen LogP contribution in [-0.4, -0.2) is 22.1 Å². The standard InChI is InChI=1S/C12H11N3O2/c1-3-4-10(12(16)17)15-11-9(7-13)6-5-8(2)14-11/h1,5-6,10H,4H2,2H3,(H,14,15)(H,16,17). The Hall–Kier alpha value is -2.53. The Balaban J connectivity index is 3.01. The molecule has 2 N–H and O–H groups in total. The van der Waals surface area contributed by atoms with E-state index < -0.39 is 12.0 Å². The normalized spacial score (nSPS) is 11.0. The van der Waals surface area contributed by atoms with Crippen molar-refractivity contribution in [3.05, 3.63) is 23.4 Å². The van der Waals surface area contributed by atoms with Crippen molar-refractivity contribution < 1.29 is 9.90 Å². The van der Waals surface area contributed by atoms with Crippen molar-refractivity contribution >= 4 is 11.8 Å². The first-order chi connectivity index (χ1) is 8.08. The Morgan fingerprint density at radius 3 is 2.94 bits per heavy atom. The summed E-state index contributed by atoms with van der Waals surface area (Å²) in [6.07, 6.45) is 5.11. The Kier molecular flexibility index (Phi) is 4.08. The maximum absolute atomic E-state index is 10.9. The van der Waals surface area contributed by atoms with E-state index in [-0.39, 0.29) is 12.2 Å². The number of aryl methyl sites for hydroxylation is 1. The summed E-state index contributed by atoms with van der Waals surface area (Å²) in [5.41, 5.74) is 0.982. The number of carboxylic acid groups (broad SMARTS) is 1. The van der Waals surface area contributed by atoms with Crippen LogP contribution in [0.4, 0.5) is 5.82 Å². The van der Waals surface area contributed by atoms with Crippen LogP contribution in [0.15, 0.2) is 12.1 Å². The molecule has 5 heteroatoms. The lowest BCUT2D eigenvalue weighted by Gasteiger charge is -2.13. The molecule has 0 spiro atoms. The van der Waals surface area contributed by atoms with E-state index in [1.165, 1.54) is 0 Å². The average molecular weight is 229 g/mol. The van der Waals surface area contributed by atoms with E-state index in [1.807, 2.05) is 6.07 Å². The van der Waals surface area contributed by atoms with Crippen molar-refractivity contribution in [1.82, 2.24) is 4.98 Å². The topological polar surface area (TPSA) is 86.0 Å². The van der Waals surface area contributed by atoms with Crippen molar-refractivity contribution in [1.29, 1.82) is 5.26 Å². The Morgan fingerprint density at radius 1 is 1.71 bits per heavy atom. The number of hydrogen-bond donors (Lipinski definition) is 2. The number of nitrogens with zero attached hydrogens (tertiary/aromatic N) is 2. The zero-order valence-electron chi connectivity index (χ0n) is 9.27. The van der Waals surface area contributed by atoms with Crippen LogP contribution in [0.2, 0.25) is 0 Å². The van der Waals surface area contributed by atoms with Crippen molar-refractivity contribution in [2.75, 3.05) is 5.32 Å². The predicted octanol–water partition coefficient (Wildman–Crippen LogP) is 1.15. The van der Waals surface area contributed by atoms with E-state index in [0.717, 1.165) is 0 Å². The van der Waals surface area contributed by atoms with E-state index in [4.69, 9.17) is 16.8 Å². The van der Waals surface area contributed by atoms with Gasteiger partial charge in [0.25, 0.3) is 0 Å². The van der Waals surface area contributed by atoms with Gasteiger partial charge >= 0.3 is 5.97 Å². The molecule has 0 saturated carbocycles. The minimum Gasteiger partial charge on any atom is -0.480 e. The molecule has 0 aromatic carbocycles. The Labute approximate surface area is 99.1 Å². The quantitative estimate of drug-likeness (QED) is 0.756. The van der Waals surface area contributed by atoms with Crippen molar-refractivity contribution in [2.45, 2.75) is 19.4 Å². The van der Waals surface area contributed by atoms with E-state index >= 15 is 0 Å². The van der Waals surface area contributed by atoms with E-state index in [2.05, 4.69) is 16.2 Å². The first kappa shape index (κ1) is 12.5. The summed E-state index contributed by atoms with van der Waals surface area (Å²) in [7, 11) is 0. The molecule has 5 nitrogen and oxygen atoms in total. The van der Waals surface area contributed by atoms with E-state index in [1.54, 1.807) is 19.1 Å². The fourth-order valence-electron chi connectivity index (χ4n) is 1.24. The number of carbonyl (C=O) groups is 1. The number of anilines is 1. The van der Waals surface area contributed by atoms with Gasteiger partial charge in [0.05, 0.1) is 5.56 Å². The number of hydrogen-bond acceptors (Lipinski definition) is 4. The summed E-state index contributed by atoms with van der Waals surface area (Å²) in [6, 6.07) is 4.26. The van der Waals surface area contributed by atoms with Gasteiger partial charge in [-0.1, -0.05) is 0 Å². The predicted molar refractivity (Wildman–Crippen MR) is 62.2 cm³/mol. The van der Waals surface area contributed by atoms with Crippen LogP contribution in [0.3, 0.4) is 0 Å². The molecule has 17 heavy (non-hydrogen) atoms. The van der Waals surface area contributed by atoms with E-state index in [0.29, 0.717) is 11.3 Å². The van der Waals surface area contributed by atoms with Gasteiger partial charge < -0.3 is 10.4 Å². The molecule has 0 fully saturated rings. The minimum absolute atomic E-state index is 0.0236. The number of terminal acetylenes is 1. The van der Waals surface area contributed by atoms with Gasteiger partial charge in [0.1, 0.15) is 17.9 Å². The molecule has 1 rings (SSSR count). The summed E-state index contributed by atoms with van der Waals surface area (Å²) in [6.45, 7) is 1.75. The average Bonchev–Trinajstić information content (AvgIpc) is 2.28. The molecule has 1 unspecified atom stereocenters. The summed E-state index contributed by atoms with van der Waals surface area (Å²) in [4.78, 5) is 15.0. The highest BCUT2D eigenvalue weighted by atomic mass is 16.4. The van der Waals surface area contributed by atoms with Gasteiger partial charge in [0, 0.05) is 12.1 Å². The summed E-state index contributed by atoms with van der Waals surface area (Å²) in [5, 5.41) is 20.5. The first-order valence-electron chi connectivity index (χ1n) is 4.89. The minimum atomic E-state index is -1.07. The van der Waals surface area contributed by atoms with Crippen LogP contribution in [0.5, 0.6) is 0 Å². The molecule has 0 radical (unpaired) electrons. The van der Waals surface area contributed by atoms with Crippen molar-refractivity contribution in [3.8, 4) is 18.4 Å². The highest BCUT2D eigenvalue weighted by molar-refractivity contribution is 5.78. The number of aromatic nitrogens is 1. The molecule has 1 aromatic rings. The molecule has 1 heterocycles. The molecular weight excluding hydrogens is 218 g/mol. The van der Waals surface area contributed by atoms with Crippen LogP contribution < -0.4 is 5.32 Å². The number of pyridine rings is 1. The van der Waals surface area contributed by atoms with Gasteiger partial charge in [0.2, 0.25) is 0 Å². The second-order valence-corrected chi connectivity index (χ2v) is 3.40. The SMILES string of the molecule is C#CCC(Nc1nc(C)ccc1C#N)C(=O)O. The number of carboxylic acids is 1. The van der Waals surface area contributed by atoms with Crippen LogP contribution in [0.1, 0.15) is 17.7 Å². The second-order valence-electron chi connectivity index (χ2n) is 3.40. The lowest BCUT2D eigenvalue weighted by Crippen LogP contribution is -2.29. The lowest BCUT2D eigenvalue weighted by atomic mass is 10.2. The van der Waals surface area contributed by atoms with Crippen LogP contribution in [-0.2, 0) is 4.79 Å². The smallest absolute Gasteiger partial charge is 0.327 e. The third kappa shape index (κ3) is 3.22. The molecule has 0 aliphatic carbocycles. The largest absolute Gasteiger partial charge is 0.480 e. The first-order valence-corrected chi connectivity index (χ1v) is 4.89. The van der Waals surface area contributed by atoms with Crippen molar-refractivity contribution in [2.24, 2.45) is 0 Å². The van der Waals surface area contributed by atoms with Gasteiger partial charge in [-0.25, -0.2) is 9.78 Å². The molecule has 1 atom stereocenters. The van der Waals surface area contributed by atoms with Gasteiger partial charge in [0.15, 0.2) is 0 Å². The zero-order chi connectivity index (χ0) is 12.8. The van der Waals surface area contributed by atoms with Crippen LogP contribution >= 0.6 is 0 Å². The van der Waals surface area contributed by atoms with Crippen LogP contribution in [0.25, 0.3) is 0 Å². The maximum atomic E-state index is 10.9. The molecule has 86 valence electrons.